The van der Waals surface area contributed by atoms with Gasteiger partial charge in [-0.25, -0.2) is 9.97 Å². The van der Waals surface area contributed by atoms with E-state index in [1.54, 1.807) is 36.8 Å². The molecule has 5 aromatic rings. The zero-order valence-electron chi connectivity index (χ0n) is 24.0. The van der Waals surface area contributed by atoms with Crippen LogP contribution in [0.15, 0.2) is 77.7 Å². The predicted octanol–water partition coefficient (Wildman–Crippen LogP) is 4.97. The van der Waals surface area contributed by atoms with Gasteiger partial charge in [-0.2, -0.15) is 9.97 Å². The molecule has 4 aromatic heterocycles. The first kappa shape index (κ1) is 27.9. The average molecular weight is 578 g/mol. The van der Waals surface area contributed by atoms with Crippen LogP contribution in [0.4, 0.5) is 17.6 Å². The lowest BCUT2D eigenvalue weighted by Gasteiger charge is -2.31. The minimum Gasteiger partial charge on any atom is -0.394 e. The van der Waals surface area contributed by atoms with Crippen molar-refractivity contribution in [2.75, 3.05) is 23.8 Å². The van der Waals surface area contributed by atoms with Crippen LogP contribution in [-0.2, 0) is 5.54 Å². The molecule has 0 saturated heterocycles. The molecular formula is C31H31N9O3. The monoisotopic (exact) mass is 577 g/mol. The number of carbonyl (C=O) groups excluding carboxylic acids is 1. The minimum atomic E-state index is -0.550. The van der Waals surface area contributed by atoms with Gasteiger partial charge in [0.2, 0.25) is 11.8 Å². The molecule has 0 unspecified atom stereocenters. The second-order valence-electron chi connectivity index (χ2n) is 10.6. The molecule has 12 nitrogen and oxygen atoms in total. The molecule has 0 saturated carbocycles. The molecule has 6 rings (SSSR count). The number of anilines is 3. The molecule has 1 atom stereocenters. The van der Waals surface area contributed by atoms with Crippen molar-refractivity contribution in [3.8, 4) is 22.8 Å². The standard InChI is InChI=1S/C31H31N9O3/c1-4-15-40-29(42)21-12-13-24(35-25(21)31(40,2)3)36-30-33-17-22(28-37-26(39-43-28)20-11-8-14-32-16-20)27(38-30)34-23(18-41)19-9-6-5-7-10-19/h5-14,16-17,23,41H,4,15,18H2,1-3H3,(H2,33,34,35,36,38)/t23-/m1/s1. The van der Waals surface area contributed by atoms with Gasteiger partial charge in [-0.15, -0.1) is 0 Å². The summed E-state index contributed by atoms with van der Waals surface area (Å²) in [7, 11) is 0. The molecule has 43 heavy (non-hydrogen) atoms. The summed E-state index contributed by atoms with van der Waals surface area (Å²) in [5.74, 6) is 1.67. The number of benzene rings is 1. The highest BCUT2D eigenvalue weighted by molar-refractivity contribution is 5.99. The van der Waals surface area contributed by atoms with Crippen LogP contribution in [0.2, 0.25) is 0 Å². The van der Waals surface area contributed by atoms with E-state index in [1.165, 1.54) is 0 Å². The third-order valence-corrected chi connectivity index (χ3v) is 7.37. The maximum atomic E-state index is 13.0. The SMILES string of the molecule is CCCN1C(=O)c2ccc(Nc3ncc(-c4nc(-c5cccnc5)no4)c(N[C@H](CO)c4ccccc4)n3)nc2C1(C)C. The number of aromatic nitrogens is 6. The Balaban J connectivity index is 1.35. The number of rotatable bonds is 10. The highest BCUT2D eigenvalue weighted by Gasteiger charge is 2.44. The summed E-state index contributed by atoms with van der Waals surface area (Å²) in [6.07, 6.45) is 5.74. The molecule has 0 fully saturated rings. The summed E-state index contributed by atoms with van der Waals surface area (Å²) < 4.78 is 5.60. The molecule has 12 heteroatoms. The molecule has 0 bridgehead atoms. The van der Waals surface area contributed by atoms with E-state index in [0.29, 0.717) is 46.4 Å². The molecular weight excluding hydrogens is 546 g/mol. The van der Waals surface area contributed by atoms with E-state index in [9.17, 15) is 9.90 Å². The van der Waals surface area contributed by atoms with Crippen LogP contribution in [0.25, 0.3) is 22.8 Å². The van der Waals surface area contributed by atoms with Crippen molar-refractivity contribution in [1.82, 2.24) is 35.0 Å². The van der Waals surface area contributed by atoms with Crippen LogP contribution in [-0.4, -0.2) is 59.1 Å². The third-order valence-electron chi connectivity index (χ3n) is 7.37. The van der Waals surface area contributed by atoms with Crippen molar-refractivity contribution >= 4 is 23.5 Å². The first-order valence-electron chi connectivity index (χ1n) is 14.0. The van der Waals surface area contributed by atoms with Gasteiger partial charge in [0.15, 0.2) is 0 Å². The molecule has 1 amide bonds. The molecule has 3 N–H and O–H groups in total. The number of aliphatic hydroxyl groups is 1. The fourth-order valence-electron chi connectivity index (χ4n) is 5.15. The summed E-state index contributed by atoms with van der Waals surface area (Å²) in [6, 6.07) is 16.2. The van der Waals surface area contributed by atoms with Crippen molar-refractivity contribution in [3.05, 3.63) is 90.0 Å². The van der Waals surface area contributed by atoms with Crippen LogP contribution < -0.4 is 10.6 Å². The van der Waals surface area contributed by atoms with E-state index in [2.05, 4.69) is 30.7 Å². The number of fused-ring (bicyclic) bond motifs is 1. The topological polar surface area (TPSA) is 155 Å². The van der Waals surface area contributed by atoms with E-state index < -0.39 is 11.6 Å². The van der Waals surface area contributed by atoms with Crippen LogP contribution in [0.1, 0.15) is 54.8 Å². The smallest absolute Gasteiger partial charge is 0.263 e. The summed E-state index contributed by atoms with van der Waals surface area (Å²) in [5, 5.41) is 20.9. The van der Waals surface area contributed by atoms with Crippen molar-refractivity contribution < 1.29 is 14.4 Å². The van der Waals surface area contributed by atoms with Gasteiger partial charge in [0.1, 0.15) is 17.2 Å². The van der Waals surface area contributed by atoms with E-state index in [-0.39, 0.29) is 24.4 Å². The van der Waals surface area contributed by atoms with Gasteiger partial charge in [0, 0.05) is 30.7 Å². The largest absolute Gasteiger partial charge is 0.394 e. The fourth-order valence-corrected chi connectivity index (χ4v) is 5.15. The summed E-state index contributed by atoms with van der Waals surface area (Å²) >= 11 is 0. The number of pyridine rings is 2. The molecule has 218 valence electrons. The predicted molar refractivity (Wildman–Crippen MR) is 160 cm³/mol. The number of nitrogens with one attached hydrogen (secondary N) is 2. The normalized spacial score (nSPS) is 14.4. The van der Waals surface area contributed by atoms with E-state index in [1.807, 2.05) is 62.1 Å². The van der Waals surface area contributed by atoms with E-state index in [4.69, 9.17) is 14.5 Å². The summed E-state index contributed by atoms with van der Waals surface area (Å²) in [6.45, 7) is 6.51. The maximum Gasteiger partial charge on any atom is 0.263 e. The number of amides is 1. The number of hydrogen-bond donors (Lipinski definition) is 3. The highest BCUT2D eigenvalue weighted by Crippen LogP contribution is 2.38. The Morgan fingerprint density at radius 1 is 1.00 bits per heavy atom. The summed E-state index contributed by atoms with van der Waals surface area (Å²) in [4.78, 5) is 37.6. The van der Waals surface area contributed by atoms with Crippen LogP contribution >= 0.6 is 0 Å². The Labute approximate surface area is 248 Å². The van der Waals surface area contributed by atoms with Gasteiger partial charge < -0.3 is 25.2 Å². The van der Waals surface area contributed by atoms with Crippen LogP contribution in [0, 0.1) is 0 Å². The lowest BCUT2D eigenvalue weighted by atomic mass is 9.99. The molecule has 0 aliphatic carbocycles. The molecule has 1 aromatic carbocycles. The maximum absolute atomic E-state index is 13.0. The number of nitrogens with zero attached hydrogens (tertiary/aromatic N) is 7. The first-order chi connectivity index (χ1) is 20.9. The lowest BCUT2D eigenvalue weighted by Crippen LogP contribution is -2.39. The van der Waals surface area contributed by atoms with Crippen molar-refractivity contribution in [1.29, 1.82) is 0 Å². The Bertz CT molecular complexity index is 1740. The molecule has 1 aliphatic heterocycles. The van der Waals surface area contributed by atoms with Crippen LogP contribution in [0.5, 0.6) is 0 Å². The molecule has 0 spiro atoms. The minimum absolute atomic E-state index is 0.0193. The van der Waals surface area contributed by atoms with Gasteiger partial charge in [-0.1, -0.05) is 42.4 Å². The van der Waals surface area contributed by atoms with Gasteiger partial charge in [-0.05, 0) is 50.1 Å². The van der Waals surface area contributed by atoms with Gasteiger partial charge in [0.05, 0.1) is 29.4 Å². The average Bonchev–Trinajstić information content (AvgIpc) is 3.59. The van der Waals surface area contributed by atoms with E-state index in [0.717, 1.165) is 12.0 Å². The Morgan fingerprint density at radius 3 is 2.58 bits per heavy atom. The molecule has 1 aliphatic rings. The Morgan fingerprint density at radius 2 is 1.84 bits per heavy atom. The number of hydrogen-bond acceptors (Lipinski definition) is 11. The Hall–Kier alpha value is -5.23. The van der Waals surface area contributed by atoms with Crippen molar-refractivity contribution in [2.24, 2.45) is 0 Å². The van der Waals surface area contributed by atoms with Crippen molar-refractivity contribution in [2.45, 2.75) is 38.8 Å². The fraction of sp³-hybridized carbons (Fsp3) is 0.258. The lowest BCUT2D eigenvalue weighted by molar-refractivity contribution is 0.0615. The first-order valence-corrected chi connectivity index (χ1v) is 14.0. The highest BCUT2D eigenvalue weighted by atomic mass is 16.5. The third kappa shape index (κ3) is 5.40. The van der Waals surface area contributed by atoms with Crippen molar-refractivity contribution in [3.63, 3.8) is 0 Å². The number of aliphatic hydroxyl groups excluding tert-OH is 1. The second kappa shape index (κ2) is 11.6. The quantitative estimate of drug-likeness (QED) is 0.206. The zero-order chi connectivity index (χ0) is 30.0. The molecule has 0 radical (unpaired) electrons. The summed E-state index contributed by atoms with van der Waals surface area (Å²) in [5.41, 5.74) is 2.76. The van der Waals surface area contributed by atoms with Gasteiger partial charge in [0.25, 0.3) is 11.8 Å². The molecule has 5 heterocycles. The second-order valence-corrected chi connectivity index (χ2v) is 10.6. The van der Waals surface area contributed by atoms with E-state index >= 15 is 0 Å². The Kier molecular flexibility index (Phi) is 7.51. The van der Waals surface area contributed by atoms with Crippen LogP contribution in [0.3, 0.4) is 0 Å². The number of carbonyl (C=O) groups is 1. The van der Waals surface area contributed by atoms with Gasteiger partial charge >= 0.3 is 0 Å². The van der Waals surface area contributed by atoms with Gasteiger partial charge in [-0.3, -0.25) is 9.78 Å². The zero-order valence-corrected chi connectivity index (χ0v) is 24.0.